The molecule has 1 aliphatic rings. The minimum atomic E-state index is -1.06. The zero-order valence-electron chi connectivity index (χ0n) is 22.2. The molecule has 1 N–H and O–H groups in total. The van der Waals surface area contributed by atoms with Crippen LogP contribution in [0.2, 0.25) is 0 Å². The molecule has 4 aromatic rings. The number of hydrogen-bond donors (Lipinski definition) is 1. The molecule has 2 heterocycles. The molecule has 204 valence electrons. The van der Waals surface area contributed by atoms with Crippen LogP contribution in [0.25, 0.3) is 17.0 Å². The quantitative estimate of drug-likeness (QED) is 0.273. The van der Waals surface area contributed by atoms with Crippen molar-refractivity contribution in [2.75, 3.05) is 19.7 Å². The molecule has 8 nitrogen and oxygen atoms in total. The van der Waals surface area contributed by atoms with Crippen molar-refractivity contribution in [3.63, 3.8) is 0 Å². The molecule has 0 spiro atoms. The molecule has 0 atom stereocenters. The minimum absolute atomic E-state index is 0.0292. The number of amides is 1. The van der Waals surface area contributed by atoms with E-state index in [1.165, 1.54) is 4.90 Å². The number of aromatic nitrogens is 1. The van der Waals surface area contributed by atoms with Crippen molar-refractivity contribution >= 4 is 17.6 Å². The molecule has 0 fully saturated rings. The fourth-order valence-corrected chi connectivity index (χ4v) is 4.65. The molecule has 40 heavy (non-hydrogen) atoms. The fourth-order valence-electron chi connectivity index (χ4n) is 4.65. The van der Waals surface area contributed by atoms with E-state index in [0.29, 0.717) is 43.2 Å². The van der Waals surface area contributed by atoms with E-state index >= 15 is 0 Å². The smallest absolute Gasteiger partial charge is 0.410 e. The highest BCUT2D eigenvalue weighted by Crippen LogP contribution is 2.30. The first-order valence-corrected chi connectivity index (χ1v) is 13.1. The van der Waals surface area contributed by atoms with Gasteiger partial charge in [-0.3, -0.25) is 0 Å². The van der Waals surface area contributed by atoms with Gasteiger partial charge in [0.15, 0.2) is 0 Å². The monoisotopic (exact) mass is 538 g/mol. The van der Waals surface area contributed by atoms with Gasteiger partial charge in [-0.15, -0.1) is 0 Å². The maximum absolute atomic E-state index is 12.6. The molecule has 1 aliphatic heterocycles. The minimum Gasteiger partial charge on any atom is -0.493 e. The molecule has 8 heteroatoms. The first-order chi connectivity index (χ1) is 19.5. The number of aliphatic carboxylic acids is 1. The summed E-state index contributed by atoms with van der Waals surface area (Å²) in [7, 11) is 0. The number of carbonyl (C=O) groups excluding carboxylic acids is 1. The number of nitrogens with zero attached hydrogens (tertiary/aromatic N) is 2. The topological polar surface area (TPSA) is 102 Å². The van der Waals surface area contributed by atoms with Crippen LogP contribution in [-0.2, 0) is 22.6 Å². The summed E-state index contributed by atoms with van der Waals surface area (Å²) in [6.45, 7) is 2.74. The summed E-state index contributed by atoms with van der Waals surface area (Å²) in [6.07, 6.45) is 0.429. The number of oxazole rings is 1. The summed E-state index contributed by atoms with van der Waals surface area (Å²) in [5.41, 5.74) is 4.24. The second-order valence-corrected chi connectivity index (χ2v) is 9.49. The maximum Gasteiger partial charge on any atom is 0.410 e. The van der Waals surface area contributed by atoms with Gasteiger partial charge >= 0.3 is 12.1 Å². The molecule has 1 aromatic heterocycles. The summed E-state index contributed by atoms with van der Waals surface area (Å²) in [5.74, 6) is 0.904. The van der Waals surface area contributed by atoms with Gasteiger partial charge in [0, 0.05) is 18.5 Å². The molecule has 5 rings (SSSR count). The fraction of sp³-hybridized carbons (Fsp3) is 0.219. The van der Waals surface area contributed by atoms with Crippen molar-refractivity contribution in [2.24, 2.45) is 0 Å². The van der Waals surface area contributed by atoms with Crippen LogP contribution in [0.5, 0.6) is 5.75 Å². The molecule has 0 unspecified atom stereocenters. The van der Waals surface area contributed by atoms with Gasteiger partial charge in [-0.25, -0.2) is 14.6 Å². The Morgan fingerprint density at radius 2 is 1.70 bits per heavy atom. The Hall–Kier alpha value is -4.85. The van der Waals surface area contributed by atoms with Crippen molar-refractivity contribution in [3.8, 4) is 17.2 Å². The van der Waals surface area contributed by atoms with Crippen LogP contribution in [-0.4, -0.2) is 46.7 Å². The maximum atomic E-state index is 12.6. The van der Waals surface area contributed by atoms with Crippen molar-refractivity contribution in [2.45, 2.75) is 26.4 Å². The molecule has 0 saturated carbocycles. The van der Waals surface area contributed by atoms with E-state index in [0.717, 1.165) is 28.1 Å². The summed E-state index contributed by atoms with van der Waals surface area (Å²) in [4.78, 5) is 30.8. The average Bonchev–Trinajstić information content (AvgIpc) is 3.37. The van der Waals surface area contributed by atoms with Crippen LogP contribution in [0, 0.1) is 6.92 Å². The van der Waals surface area contributed by atoms with Gasteiger partial charge in [0.25, 0.3) is 0 Å². The predicted molar refractivity (Wildman–Crippen MR) is 150 cm³/mol. The standard InChI is InChI=1S/C32H30N2O6/c1-22-29(33-30(40-22)24-11-6-3-7-12-24)16-18-38-26-14-8-13-25(19-26)27-15-17-34(20-28(27)31(35)36)32(37)39-21-23-9-4-2-5-10-23/h2-14,19H,15-18,20-21H2,1H3,(H,35,36). The van der Waals surface area contributed by atoms with E-state index in [-0.39, 0.29) is 18.7 Å². The highest BCUT2D eigenvalue weighted by molar-refractivity contribution is 5.98. The largest absolute Gasteiger partial charge is 0.493 e. The normalized spacial score (nSPS) is 13.3. The first-order valence-electron chi connectivity index (χ1n) is 13.1. The van der Waals surface area contributed by atoms with Crippen LogP contribution in [0.1, 0.15) is 29.0 Å². The molecule has 3 aromatic carbocycles. The molecule has 0 aliphatic carbocycles. The lowest BCUT2D eigenvalue weighted by Crippen LogP contribution is -2.38. The van der Waals surface area contributed by atoms with Gasteiger partial charge in [-0.2, -0.15) is 0 Å². The van der Waals surface area contributed by atoms with Crippen molar-refractivity contribution < 1.29 is 28.6 Å². The highest BCUT2D eigenvalue weighted by atomic mass is 16.6. The van der Waals surface area contributed by atoms with Gasteiger partial charge in [0.1, 0.15) is 18.1 Å². The Morgan fingerprint density at radius 1 is 0.975 bits per heavy atom. The van der Waals surface area contributed by atoms with E-state index in [1.54, 1.807) is 0 Å². The molecule has 1 amide bonds. The van der Waals surface area contributed by atoms with Gasteiger partial charge in [0.2, 0.25) is 5.89 Å². The lowest BCUT2D eigenvalue weighted by molar-refractivity contribution is -0.132. The van der Waals surface area contributed by atoms with Crippen molar-refractivity contribution in [1.29, 1.82) is 0 Å². The second kappa shape index (κ2) is 12.3. The first kappa shape index (κ1) is 26.7. The SMILES string of the molecule is Cc1oc(-c2ccccc2)nc1CCOc1cccc(C2=C(C(=O)O)CN(C(=O)OCc3ccccc3)CC2)c1. The number of benzene rings is 3. The summed E-state index contributed by atoms with van der Waals surface area (Å²) >= 11 is 0. The molecule has 0 bridgehead atoms. The van der Waals surface area contributed by atoms with Crippen LogP contribution >= 0.6 is 0 Å². The number of aryl methyl sites for hydroxylation is 1. The van der Waals surface area contributed by atoms with Gasteiger partial charge in [-0.05, 0) is 54.3 Å². The third kappa shape index (κ3) is 6.40. The Kier molecular flexibility index (Phi) is 8.25. The lowest BCUT2D eigenvalue weighted by Gasteiger charge is -2.29. The Bertz CT molecular complexity index is 1510. The van der Waals surface area contributed by atoms with Crippen LogP contribution < -0.4 is 4.74 Å². The van der Waals surface area contributed by atoms with Crippen LogP contribution in [0.15, 0.2) is 94.9 Å². The summed E-state index contributed by atoms with van der Waals surface area (Å²) in [5, 5.41) is 9.94. The number of ether oxygens (including phenoxy) is 2. The number of carbonyl (C=O) groups is 2. The van der Waals surface area contributed by atoms with E-state index in [9.17, 15) is 14.7 Å². The van der Waals surface area contributed by atoms with Crippen LogP contribution in [0.3, 0.4) is 0 Å². The Morgan fingerprint density at radius 3 is 2.45 bits per heavy atom. The predicted octanol–water partition coefficient (Wildman–Crippen LogP) is 6.15. The molecule has 0 saturated heterocycles. The van der Waals surface area contributed by atoms with Gasteiger partial charge in [0.05, 0.1) is 24.4 Å². The van der Waals surface area contributed by atoms with E-state index in [2.05, 4.69) is 4.98 Å². The highest BCUT2D eigenvalue weighted by Gasteiger charge is 2.28. The zero-order chi connectivity index (χ0) is 27.9. The van der Waals surface area contributed by atoms with Crippen LogP contribution in [0.4, 0.5) is 4.79 Å². The average molecular weight is 539 g/mol. The third-order valence-electron chi connectivity index (χ3n) is 6.77. The molecule has 0 radical (unpaired) electrons. The Balaban J connectivity index is 1.22. The molecular weight excluding hydrogens is 508 g/mol. The number of hydrogen-bond acceptors (Lipinski definition) is 6. The summed E-state index contributed by atoms with van der Waals surface area (Å²) in [6, 6.07) is 26.5. The lowest BCUT2D eigenvalue weighted by atomic mass is 9.93. The Labute approximate surface area is 232 Å². The van der Waals surface area contributed by atoms with Gasteiger partial charge in [-0.1, -0.05) is 60.7 Å². The van der Waals surface area contributed by atoms with Gasteiger partial charge < -0.3 is 23.9 Å². The summed E-state index contributed by atoms with van der Waals surface area (Å²) < 4.78 is 17.2. The van der Waals surface area contributed by atoms with E-state index < -0.39 is 12.1 Å². The van der Waals surface area contributed by atoms with E-state index in [4.69, 9.17) is 13.9 Å². The zero-order valence-corrected chi connectivity index (χ0v) is 22.2. The number of carboxylic acids is 1. The second-order valence-electron chi connectivity index (χ2n) is 9.49. The van der Waals surface area contributed by atoms with E-state index in [1.807, 2.05) is 91.9 Å². The molecular formula is C32H30N2O6. The number of carboxylic acid groups (broad SMARTS) is 1. The number of rotatable bonds is 9. The van der Waals surface area contributed by atoms with Crippen molar-refractivity contribution in [1.82, 2.24) is 9.88 Å². The third-order valence-corrected chi connectivity index (χ3v) is 6.77. The van der Waals surface area contributed by atoms with Crippen molar-refractivity contribution in [3.05, 3.63) is 113 Å².